The average Bonchev–Trinajstić information content (AvgIpc) is 2.50. The summed E-state index contributed by atoms with van der Waals surface area (Å²) in [6.45, 7) is 0. The van der Waals surface area contributed by atoms with E-state index in [4.69, 9.17) is 30.6 Å². The number of carboxylic acids is 2. The molecule has 2 fully saturated rings. The molecule has 0 spiro atoms. The third kappa shape index (κ3) is 6.05. The average molecular weight is 441 g/mol. The first kappa shape index (κ1) is 26.1. The maximum Gasteiger partial charge on any atom is 2.00 e. The van der Waals surface area contributed by atoms with Gasteiger partial charge in [0.25, 0.3) is 0 Å². The van der Waals surface area contributed by atoms with Gasteiger partial charge in [0.05, 0.1) is 36.4 Å². The zero-order valence-corrected chi connectivity index (χ0v) is 14.9. The fourth-order valence-electron chi connectivity index (χ4n) is 2.88. The van der Waals surface area contributed by atoms with Crippen molar-refractivity contribution in [1.29, 1.82) is 0 Å². The van der Waals surface area contributed by atoms with Crippen molar-refractivity contribution in [2.75, 3.05) is 0 Å². The monoisotopic (exact) mass is 441 g/mol. The Labute approximate surface area is 163 Å². The van der Waals surface area contributed by atoms with E-state index < -0.39 is 85.4 Å². The Hall–Kier alpha value is -0.874. The Balaban J connectivity index is 0.000000483. The summed E-state index contributed by atoms with van der Waals surface area (Å²) in [7, 11) is 0. The van der Waals surface area contributed by atoms with Crippen molar-refractivity contribution in [3.63, 3.8) is 0 Å². The van der Waals surface area contributed by atoms with Gasteiger partial charge >= 0.3 is 16.8 Å². The van der Waals surface area contributed by atoms with Gasteiger partial charge < -0.3 is 60.7 Å². The van der Waals surface area contributed by atoms with E-state index in [0.29, 0.717) is 0 Å². The normalized spacial score (nSPS) is 44.3. The summed E-state index contributed by atoms with van der Waals surface area (Å²) in [5, 5.41) is 93.8. The SMILES string of the molecule is O=C([O-])C1(O)C[C@@H](O)C(O)[C@H](O)C1.O=C([O-])C1(O)C[C@@H](O)C(O)[C@H](O)C1.[Co+2]. The number of hydrogen-bond acceptors (Lipinski definition) is 12. The Kier molecular flexibility index (Phi) is 9.24. The third-order valence-corrected chi connectivity index (χ3v) is 4.52. The first-order valence-electron chi connectivity index (χ1n) is 7.69. The topological polar surface area (TPSA) is 242 Å². The van der Waals surface area contributed by atoms with Crippen LogP contribution in [0.15, 0.2) is 0 Å². The van der Waals surface area contributed by atoms with Crippen molar-refractivity contribution in [3.05, 3.63) is 0 Å². The fourth-order valence-corrected chi connectivity index (χ4v) is 2.88. The van der Waals surface area contributed by atoms with Crippen LogP contribution in [0.4, 0.5) is 0 Å². The molecule has 12 nitrogen and oxygen atoms in total. The van der Waals surface area contributed by atoms with Gasteiger partial charge in [0.2, 0.25) is 0 Å². The molecule has 2 saturated carbocycles. The minimum absolute atomic E-state index is 0. The van der Waals surface area contributed by atoms with Crippen LogP contribution in [0, 0.1) is 0 Å². The van der Waals surface area contributed by atoms with Crippen molar-refractivity contribution >= 4 is 11.9 Å². The second kappa shape index (κ2) is 9.55. The molecule has 2 aliphatic rings. The summed E-state index contributed by atoms with van der Waals surface area (Å²) in [4.78, 5) is 20.8. The summed E-state index contributed by atoms with van der Waals surface area (Å²) in [6.07, 6.45) is -10.8. The van der Waals surface area contributed by atoms with Crippen molar-refractivity contribution in [2.45, 2.75) is 73.5 Å². The van der Waals surface area contributed by atoms with Crippen LogP contribution in [0.25, 0.3) is 0 Å². The Morgan fingerprint density at radius 2 is 0.815 bits per heavy atom. The first-order chi connectivity index (χ1) is 11.7. The molecule has 2 rings (SSSR count). The van der Waals surface area contributed by atoms with Crippen LogP contribution in [0.3, 0.4) is 0 Å². The number of carbonyl (C=O) groups is 2. The number of carboxylic acid groups (broad SMARTS) is 2. The van der Waals surface area contributed by atoms with Crippen molar-refractivity contribution in [2.24, 2.45) is 0 Å². The quantitative estimate of drug-likeness (QED) is 0.199. The molecule has 2 aliphatic carbocycles. The van der Waals surface area contributed by atoms with Crippen LogP contribution in [-0.4, -0.2) is 101 Å². The summed E-state index contributed by atoms with van der Waals surface area (Å²) < 4.78 is 0. The van der Waals surface area contributed by atoms with Crippen LogP contribution >= 0.6 is 0 Å². The summed E-state index contributed by atoms with van der Waals surface area (Å²) in [5.74, 6) is -3.50. The van der Waals surface area contributed by atoms with Gasteiger partial charge in [0, 0.05) is 25.7 Å². The molecule has 13 heteroatoms. The van der Waals surface area contributed by atoms with Crippen molar-refractivity contribution < 1.29 is 77.4 Å². The van der Waals surface area contributed by atoms with Gasteiger partial charge in [0.1, 0.15) is 23.4 Å². The largest absolute Gasteiger partial charge is 2.00 e. The summed E-state index contributed by atoms with van der Waals surface area (Å²) in [5.41, 5.74) is -4.50. The third-order valence-electron chi connectivity index (χ3n) is 4.52. The van der Waals surface area contributed by atoms with Gasteiger partial charge in [-0.2, -0.15) is 0 Å². The Morgan fingerprint density at radius 3 is 0.963 bits per heavy atom. The molecule has 159 valence electrons. The van der Waals surface area contributed by atoms with Crippen LogP contribution in [-0.2, 0) is 26.4 Å². The smallest absolute Gasteiger partial charge is 0.547 e. The van der Waals surface area contributed by atoms with Crippen LogP contribution < -0.4 is 10.2 Å². The molecule has 4 atom stereocenters. The van der Waals surface area contributed by atoms with Gasteiger partial charge in [-0.25, -0.2) is 0 Å². The predicted octanol–water partition coefficient (Wildman–Crippen LogP) is -7.31. The minimum atomic E-state index is -2.25. The molecule has 0 aromatic rings. The number of aliphatic hydroxyl groups excluding tert-OH is 6. The first-order valence-corrected chi connectivity index (χ1v) is 7.69. The van der Waals surface area contributed by atoms with E-state index in [-0.39, 0.29) is 16.8 Å². The maximum atomic E-state index is 10.4. The van der Waals surface area contributed by atoms with Crippen LogP contribution in [0.5, 0.6) is 0 Å². The van der Waals surface area contributed by atoms with E-state index in [1.54, 1.807) is 0 Å². The standard InChI is InChI=1S/2C7H12O6.Co/c2*8-3-1-7(13,6(11)12)2-4(9)5(3)10;/h2*3-5,8-10,13H,1-2H2,(H,11,12);/q;;+2/p-2/t2*3-,4-,5?,7?;/m11./s1. The molecule has 8 N–H and O–H groups in total. The number of aliphatic hydroxyl groups is 8. The molecule has 0 heterocycles. The van der Waals surface area contributed by atoms with E-state index in [1.807, 2.05) is 0 Å². The van der Waals surface area contributed by atoms with Gasteiger partial charge in [-0.1, -0.05) is 0 Å². The number of rotatable bonds is 2. The van der Waals surface area contributed by atoms with E-state index in [9.17, 15) is 30.0 Å². The maximum absolute atomic E-state index is 10.4. The zero-order chi connectivity index (χ0) is 20.4. The molecule has 0 amide bonds. The molecule has 1 radical (unpaired) electrons. The van der Waals surface area contributed by atoms with Crippen molar-refractivity contribution in [3.8, 4) is 0 Å². The van der Waals surface area contributed by atoms with Gasteiger partial charge in [-0.3, -0.25) is 0 Å². The molecule has 0 aliphatic heterocycles. The molecular formula is C14H22CoO12. The number of hydrogen-bond donors (Lipinski definition) is 8. The minimum Gasteiger partial charge on any atom is -0.547 e. The Morgan fingerprint density at radius 1 is 0.630 bits per heavy atom. The van der Waals surface area contributed by atoms with Crippen molar-refractivity contribution in [1.82, 2.24) is 0 Å². The zero-order valence-electron chi connectivity index (χ0n) is 13.8. The Bertz CT molecular complexity index is 458. The molecule has 0 aromatic carbocycles. The number of carbonyl (C=O) groups excluding carboxylic acids is 2. The summed E-state index contributed by atoms with van der Waals surface area (Å²) >= 11 is 0. The molecule has 0 bridgehead atoms. The fraction of sp³-hybridized carbons (Fsp3) is 0.857. The second-order valence-corrected chi connectivity index (χ2v) is 6.71. The molecular weight excluding hydrogens is 419 g/mol. The molecule has 0 unspecified atom stereocenters. The van der Waals surface area contributed by atoms with E-state index in [0.717, 1.165) is 0 Å². The van der Waals surface area contributed by atoms with Gasteiger partial charge in [-0.15, -0.1) is 0 Å². The van der Waals surface area contributed by atoms with E-state index in [2.05, 4.69) is 0 Å². The van der Waals surface area contributed by atoms with Gasteiger partial charge in [-0.05, 0) is 0 Å². The second-order valence-electron chi connectivity index (χ2n) is 6.71. The number of aliphatic carboxylic acids is 2. The molecule has 27 heavy (non-hydrogen) atoms. The van der Waals surface area contributed by atoms with E-state index >= 15 is 0 Å². The van der Waals surface area contributed by atoms with Crippen LogP contribution in [0.2, 0.25) is 0 Å². The predicted molar refractivity (Wildman–Crippen MR) is 74.4 cm³/mol. The molecule has 0 saturated heterocycles. The van der Waals surface area contributed by atoms with Crippen LogP contribution in [0.1, 0.15) is 25.7 Å². The van der Waals surface area contributed by atoms with Gasteiger partial charge in [0.15, 0.2) is 0 Å². The molecule has 0 aromatic heterocycles. The summed E-state index contributed by atoms with van der Waals surface area (Å²) in [6, 6.07) is 0. The van der Waals surface area contributed by atoms with E-state index in [1.165, 1.54) is 0 Å².